The number of carbonyl (C=O) groups is 1. The van der Waals surface area contributed by atoms with Crippen molar-refractivity contribution in [3.63, 3.8) is 0 Å². The zero-order chi connectivity index (χ0) is 24.4. The van der Waals surface area contributed by atoms with Crippen LogP contribution in [0.1, 0.15) is 53.6 Å². The van der Waals surface area contributed by atoms with Crippen LogP contribution < -0.4 is 20.8 Å². The summed E-state index contributed by atoms with van der Waals surface area (Å²) in [4.78, 5) is 30.6. The van der Waals surface area contributed by atoms with Gasteiger partial charge >= 0.3 is 12.3 Å². The molecule has 1 aliphatic carbocycles. The van der Waals surface area contributed by atoms with Crippen LogP contribution in [-0.4, -0.2) is 26.9 Å². The van der Waals surface area contributed by atoms with E-state index in [1.54, 1.807) is 13.0 Å². The Kier molecular flexibility index (Phi) is 3.77. The fourth-order valence-corrected chi connectivity index (χ4v) is 5.86. The number of nitrogens with zero attached hydrogens (tertiary/aromatic N) is 2. The fraction of sp³-hybridized carbons (Fsp3) is 0.375. The van der Waals surface area contributed by atoms with E-state index in [4.69, 9.17) is 24.9 Å². The summed E-state index contributed by atoms with van der Waals surface area (Å²) in [6, 6.07) is 2.60. The van der Waals surface area contributed by atoms with Crippen LogP contribution in [0.5, 0.6) is 11.5 Å². The highest BCUT2D eigenvalue weighted by Crippen LogP contribution is 2.52. The van der Waals surface area contributed by atoms with Crippen LogP contribution in [0.15, 0.2) is 16.9 Å². The van der Waals surface area contributed by atoms with E-state index in [9.17, 15) is 23.5 Å². The van der Waals surface area contributed by atoms with E-state index in [1.807, 2.05) is 0 Å². The standard InChI is InChI=1S/C24H19F2N3O6/c1-2-23(32)12-5-15-19-10(7-29(15)21(30)11(12)8-33-22(23)31)17-13(27)4-3-9-18(17)14(28-19)6-16-20(9)35-24(25,26)34-16/h5-6,13,32H,2-4,7-8,27H2,1H3/t13-,23+/m1/s1. The SMILES string of the molecule is CC[C@@]1(O)C(=O)OCc2c1cc1n(c2=O)Cc2c-1nc1cc3c(c4c1c2[C@H](N)CC4)OC(F)(F)O3. The van der Waals surface area contributed by atoms with Crippen LogP contribution in [0.4, 0.5) is 8.78 Å². The zero-order valence-electron chi connectivity index (χ0n) is 18.5. The minimum atomic E-state index is -3.77. The van der Waals surface area contributed by atoms with Gasteiger partial charge in [-0.1, -0.05) is 6.92 Å². The first-order valence-electron chi connectivity index (χ1n) is 11.3. The first-order valence-corrected chi connectivity index (χ1v) is 11.3. The minimum Gasteiger partial charge on any atom is -0.458 e. The summed E-state index contributed by atoms with van der Waals surface area (Å²) in [6.45, 7) is 1.57. The molecule has 1 aromatic carbocycles. The molecule has 3 aromatic rings. The molecule has 35 heavy (non-hydrogen) atoms. The third kappa shape index (κ3) is 2.49. The van der Waals surface area contributed by atoms with Crippen molar-refractivity contribution in [3.8, 4) is 22.9 Å². The lowest BCUT2D eigenvalue weighted by Gasteiger charge is -2.31. The molecule has 0 saturated carbocycles. The molecule has 180 valence electrons. The number of hydrogen-bond donors (Lipinski definition) is 2. The fourth-order valence-electron chi connectivity index (χ4n) is 5.86. The number of aryl methyl sites for hydroxylation is 1. The molecule has 9 nitrogen and oxygen atoms in total. The Labute approximate surface area is 196 Å². The summed E-state index contributed by atoms with van der Waals surface area (Å²) < 4.78 is 43.9. The van der Waals surface area contributed by atoms with E-state index in [1.165, 1.54) is 10.6 Å². The lowest BCUT2D eigenvalue weighted by Crippen LogP contribution is -2.44. The van der Waals surface area contributed by atoms with Crippen LogP contribution in [0.3, 0.4) is 0 Å². The summed E-state index contributed by atoms with van der Waals surface area (Å²) in [5.41, 5.74) is 7.88. The maximum Gasteiger partial charge on any atom is 0.586 e. The number of hydrogen-bond acceptors (Lipinski definition) is 8. The molecule has 3 N–H and O–H groups in total. The zero-order valence-corrected chi connectivity index (χ0v) is 18.5. The molecule has 3 aliphatic heterocycles. The minimum absolute atomic E-state index is 0.00999. The molecule has 0 spiro atoms. The highest BCUT2D eigenvalue weighted by molar-refractivity contribution is 5.95. The maximum atomic E-state index is 13.9. The molecular weight excluding hydrogens is 464 g/mol. The van der Waals surface area contributed by atoms with Gasteiger partial charge in [-0.2, -0.15) is 0 Å². The number of alkyl halides is 2. The molecule has 0 fully saturated rings. The largest absolute Gasteiger partial charge is 0.586 e. The number of cyclic esters (lactones) is 1. The van der Waals surface area contributed by atoms with Crippen LogP contribution in [0, 0.1) is 0 Å². The maximum absolute atomic E-state index is 13.9. The van der Waals surface area contributed by atoms with Crippen molar-refractivity contribution in [1.29, 1.82) is 0 Å². The number of aliphatic hydroxyl groups is 1. The number of nitrogens with two attached hydrogens (primary N) is 1. The van der Waals surface area contributed by atoms with Crippen molar-refractivity contribution in [2.24, 2.45) is 5.73 Å². The molecule has 0 radical (unpaired) electrons. The van der Waals surface area contributed by atoms with Crippen molar-refractivity contribution < 1.29 is 32.9 Å². The van der Waals surface area contributed by atoms with E-state index in [0.717, 1.165) is 5.56 Å². The second-order valence-corrected chi connectivity index (χ2v) is 9.34. The Balaban J connectivity index is 1.53. The summed E-state index contributed by atoms with van der Waals surface area (Å²) in [7, 11) is 0. The average molecular weight is 483 g/mol. The molecule has 0 unspecified atom stereocenters. The van der Waals surface area contributed by atoms with E-state index < -0.39 is 23.9 Å². The monoisotopic (exact) mass is 483 g/mol. The summed E-state index contributed by atoms with van der Waals surface area (Å²) in [5, 5.41) is 11.7. The Morgan fingerprint density at radius 1 is 1.23 bits per heavy atom. The summed E-state index contributed by atoms with van der Waals surface area (Å²) >= 11 is 0. The molecule has 2 atom stereocenters. The number of ether oxygens (including phenoxy) is 3. The Hall–Kier alpha value is -3.57. The molecule has 4 aliphatic rings. The highest BCUT2D eigenvalue weighted by Gasteiger charge is 2.48. The van der Waals surface area contributed by atoms with Crippen LogP contribution in [0.2, 0.25) is 0 Å². The van der Waals surface area contributed by atoms with Crippen molar-refractivity contribution in [3.05, 3.63) is 50.3 Å². The summed E-state index contributed by atoms with van der Waals surface area (Å²) in [6.07, 6.45) is -2.84. The van der Waals surface area contributed by atoms with E-state index in [-0.39, 0.29) is 47.8 Å². The second kappa shape index (κ2) is 6.35. The second-order valence-electron chi connectivity index (χ2n) is 9.34. The van der Waals surface area contributed by atoms with Gasteiger partial charge in [0.25, 0.3) is 5.56 Å². The van der Waals surface area contributed by atoms with Gasteiger partial charge in [0.1, 0.15) is 6.61 Å². The lowest BCUT2D eigenvalue weighted by molar-refractivity contribution is -0.286. The van der Waals surface area contributed by atoms with Crippen molar-refractivity contribution in [1.82, 2.24) is 9.55 Å². The van der Waals surface area contributed by atoms with Crippen LogP contribution in [0.25, 0.3) is 22.3 Å². The van der Waals surface area contributed by atoms with E-state index in [0.29, 0.717) is 46.3 Å². The third-order valence-corrected chi connectivity index (χ3v) is 7.56. The van der Waals surface area contributed by atoms with E-state index in [2.05, 4.69) is 0 Å². The quantitative estimate of drug-likeness (QED) is 0.395. The Morgan fingerprint density at radius 2 is 2.03 bits per heavy atom. The number of aromatic nitrogens is 2. The van der Waals surface area contributed by atoms with Gasteiger partial charge in [-0.05, 0) is 30.9 Å². The van der Waals surface area contributed by atoms with Gasteiger partial charge in [-0.25, -0.2) is 9.78 Å². The predicted octanol–water partition coefficient (Wildman–Crippen LogP) is 2.35. The molecule has 2 aromatic heterocycles. The molecule has 0 bridgehead atoms. The topological polar surface area (TPSA) is 126 Å². The van der Waals surface area contributed by atoms with Gasteiger partial charge in [0.15, 0.2) is 17.1 Å². The van der Waals surface area contributed by atoms with Gasteiger partial charge in [0.05, 0.1) is 29.0 Å². The number of rotatable bonds is 1. The summed E-state index contributed by atoms with van der Waals surface area (Å²) in [5.74, 6) is -0.920. The van der Waals surface area contributed by atoms with Gasteiger partial charge in [0.2, 0.25) is 0 Å². The van der Waals surface area contributed by atoms with Crippen molar-refractivity contribution in [2.45, 2.75) is 57.3 Å². The van der Waals surface area contributed by atoms with Gasteiger partial charge in [-0.3, -0.25) is 4.79 Å². The first-order chi connectivity index (χ1) is 16.6. The smallest absolute Gasteiger partial charge is 0.458 e. The number of pyridine rings is 2. The van der Waals surface area contributed by atoms with Gasteiger partial charge in [-0.15, -0.1) is 8.78 Å². The average Bonchev–Trinajstić information content (AvgIpc) is 3.34. The molecule has 0 amide bonds. The number of benzene rings is 1. The molecule has 0 saturated heterocycles. The van der Waals surface area contributed by atoms with Crippen LogP contribution >= 0.6 is 0 Å². The van der Waals surface area contributed by atoms with Gasteiger partial charge < -0.3 is 29.6 Å². The Bertz CT molecular complexity index is 1580. The predicted molar refractivity (Wildman–Crippen MR) is 116 cm³/mol. The Morgan fingerprint density at radius 3 is 2.80 bits per heavy atom. The molecule has 7 rings (SSSR count). The van der Waals surface area contributed by atoms with Crippen LogP contribution in [-0.2, 0) is 34.7 Å². The van der Waals surface area contributed by atoms with Gasteiger partial charge in [0, 0.05) is 34.2 Å². The molecule has 11 heteroatoms. The normalized spacial score (nSPS) is 24.7. The highest BCUT2D eigenvalue weighted by atomic mass is 19.3. The third-order valence-electron chi connectivity index (χ3n) is 7.56. The molecular formula is C24H19F2N3O6. The number of carbonyl (C=O) groups excluding carboxylic acids is 1. The van der Waals surface area contributed by atoms with Crippen molar-refractivity contribution in [2.75, 3.05) is 0 Å². The lowest BCUT2D eigenvalue weighted by atomic mass is 9.83. The van der Waals surface area contributed by atoms with Crippen molar-refractivity contribution >= 4 is 16.9 Å². The number of fused-ring (bicyclic) bond motifs is 7. The van der Waals surface area contributed by atoms with E-state index >= 15 is 0 Å². The molecule has 5 heterocycles. The number of esters is 1. The first kappa shape index (κ1) is 20.8. The number of halogens is 2.